The second kappa shape index (κ2) is 5.98. The van der Waals surface area contributed by atoms with Crippen molar-refractivity contribution in [2.24, 2.45) is 5.73 Å². The van der Waals surface area contributed by atoms with Gasteiger partial charge in [-0.15, -0.1) is 23.7 Å². The summed E-state index contributed by atoms with van der Waals surface area (Å²) in [6.07, 6.45) is 1.45. The van der Waals surface area contributed by atoms with E-state index in [1.807, 2.05) is 6.07 Å². The average Bonchev–Trinajstić information content (AvgIpc) is 2.52. The maximum Gasteiger partial charge on any atom is 0.0642 e. The summed E-state index contributed by atoms with van der Waals surface area (Å²) in [6.45, 7) is 2.12. The van der Waals surface area contributed by atoms with E-state index in [2.05, 4.69) is 19.1 Å². The Kier molecular flexibility index (Phi) is 5.72. The van der Waals surface area contributed by atoms with Crippen LogP contribution in [0.15, 0.2) is 12.1 Å². The van der Waals surface area contributed by atoms with Gasteiger partial charge in [0.1, 0.15) is 0 Å². The molecule has 0 aromatic carbocycles. The molecule has 1 atom stereocenters. The van der Waals surface area contributed by atoms with E-state index in [-0.39, 0.29) is 18.4 Å². The van der Waals surface area contributed by atoms with Gasteiger partial charge in [-0.3, -0.25) is 0 Å². The fourth-order valence-electron chi connectivity index (χ4n) is 0.983. The zero-order valence-corrected chi connectivity index (χ0v) is 9.12. The molecule has 1 rings (SSSR count). The molecule has 2 nitrogen and oxygen atoms in total. The van der Waals surface area contributed by atoms with Crippen molar-refractivity contribution in [3.05, 3.63) is 21.9 Å². The van der Waals surface area contributed by atoms with Crippen LogP contribution in [0, 0.1) is 11.3 Å². The number of nitriles is 1. The number of aryl methyl sites for hydroxylation is 1. The second-order valence-corrected chi connectivity index (χ2v) is 3.83. The average molecular weight is 217 g/mol. The van der Waals surface area contributed by atoms with Crippen molar-refractivity contribution in [2.45, 2.75) is 25.8 Å². The first-order valence-corrected chi connectivity index (χ1v) is 4.80. The summed E-state index contributed by atoms with van der Waals surface area (Å²) < 4.78 is 0. The van der Waals surface area contributed by atoms with Crippen LogP contribution < -0.4 is 5.73 Å². The minimum atomic E-state index is -0.0969. The molecule has 4 heteroatoms. The van der Waals surface area contributed by atoms with Gasteiger partial charge in [-0.25, -0.2) is 0 Å². The van der Waals surface area contributed by atoms with E-state index in [1.54, 1.807) is 11.3 Å². The summed E-state index contributed by atoms with van der Waals surface area (Å²) in [6, 6.07) is 6.08. The van der Waals surface area contributed by atoms with Crippen molar-refractivity contribution in [1.29, 1.82) is 5.26 Å². The predicted molar refractivity (Wildman–Crippen MR) is 58.1 cm³/mol. The highest BCUT2D eigenvalue weighted by Gasteiger charge is 2.07. The summed E-state index contributed by atoms with van der Waals surface area (Å²) in [5, 5.41) is 8.44. The number of rotatable bonds is 3. The molecule has 0 saturated carbocycles. The van der Waals surface area contributed by atoms with Crippen LogP contribution in [0.3, 0.4) is 0 Å². The maximum absolute atomic E-state index is 8.44. The van der Waals surface area contributed by atoms with Crippen LogP contribution in [0.1, 0.15) is 29.1 Å². The quantitative estimate of drug-likeness (QED) is 0.845. The molecule has 13 heavy (non-hydrogen) atoms. The molecule has 2 N–H and O–H groups in total. The highest BCUT2D eigenvalue weighted by molar-refractivity contribution is 7.12. The topological polar surface area (TPSA) is 49.8 Å². The first-order chi connectivity index (χ1) is 5.77. The Hall–Kier alpha value is -0.560. The van der Waals surface area contributed by atoms with Gasteiger partial charge in [-0.2, -0.15) is 5.26 Å². The molecular formula is C9H13ClN2S. The number of thiophene rings is 1. The van der Waals surface area contributed by atoms with Gasteiger partial charge in [-0.1, -0.05) is 6.92 Å². The van der Waals surface area contributed by atoms with Crippen LogP contribution in [0.25, 0.3) is 0 Å². The van der Waals surface area contributed by atoms with Gasteiger partial charge < -0.3 is 5.73 Å². The highest BCUT2D eigenvalue weighted by Crippen LogP contribution is 2.23. The number of hydrogen-bond donors (Lipinski definition) is 1. The number of nitrogens with two attached hydrogens (primary N) is 1. The van der Waals surface area contributed by atoms with Gasteiger partial charge >= 0.3 is 0 Å². The molecule has 0 fully saturated rings. The van der Waals surface area contributed by atoms with E-state index in [4.69, 9.17) is 11.0 Å². The van der Waals surface area contributed by atoms with Gasteiger partial charge in [0.15, 0.2) is 0 Å². The molecule has 0 saturated heterocycles. The molecule has 0 amide bonds. The third kappa shape index (κ3) is 3.35. The summed E-state index contributed by atoms with van der Waals surface area (Å²) >= 11 is 1.70. The molecule has 0 radical (unpaired) electrons. The lowest BCUT2D eigenvalue weighted by Gasteiger charge is -2.01. The van der Waals surface area contributed by atoms with Crippen LogP contribution in [0.2, 0.25) is 0 Å². The molecule has 0 unspecified atom stereocenters. The number of nitrogens with zero attached hydrogens (tertiary/aromatic N) is 1. The zero-order valence-electron chi connectivity index (χ0n) is 7.49. The Labute approximate surface area is 88.8 Å². The fourth-order valence-corrected chi connectivity index (χ4v) is 1.94. The Balaban J connectivity index is 0.00000144. The minimum absolute atomic E-state index is 0. The Morgan fingerprint density at radius 1 is 1.62 bits per heavy atom. The Bertz CT molecular complexity index is 290. The molecular weight excluding hydrogens is 204 g/mol. The maximum atomic E-state index is 8.44. The SMILES string of the molecule is CCc1ccc([C@H](N)CC#N)s1.Cl. The van der Waals surface area contributed by atoms with E-state index in [0.717, 1.165) is 11.3 Å². The third-order valence-electron chi connectivity index (χ3n) is 1.71. The van der Waals surface area contributed by atoms with Crippen molar-refractivity contribution in [2.75, 3.05) is 0 Å². The first-order valence-electron chi connectivity index (χ1n) is 3.99. The molecule has 0 spiro atoms. The van der Waals surface area contributed by atoms with Crippen LogP contribution in [-0.4, -0.2) is 0 Å². The minimum Gasteiger partial charge on any atom is -0.322 e. The van der Waals surface area contributed by atoms with E-state index in [9.17, 15) is 0 Å². The predicted octanol–water partition coefficient (Wildman–Crippen LogP) is 2.65. The smallest absolute Gasteiger partial charge is 0.0642 e. The normalized spacial score (nSPS) is 11.5. The molecule has 0 aliphatic rings. The summed E-state index contributed by atoms with van der Waals surface area (Å²) in [4.78, 5) is 2.45. The van der Waals surface area contributed by atoms with Gasteiger partial charge in [0.05, 0.1) is 18.5 Å². The summed E-state index contributed by atoms with van der Waals surface area (Å²) in [5.41, 5.74) is 5.76. The largest absolute Gasteiger partial charge is 0.322 e. The lowest BCUT2D eigenvalue weighted by molar-refractivity contribution is 0.765. The summed E-state index contributed by atoms with van der Waals surface area (Å²) in [5.74, 6) is 0. The standard InChI is InChI=1S/C9H12N2S.ClH/c1-2-7-3-4-9(12-7)8(11)5-6-10;/h3-4,8H,2,5,11H2,1H3;1H/t8-;/m1./s1. The van der Waals surface area contributed by atoms with E-state index < -0.39 is 0 Å². The van der Waals surface area contributed by atoms with E-state index in [1.165, 1.54) is 4.88 Å². The second-order valence-electron chi connectivity index (χ2n) is 2.63. The van der Waals surface area contributed by atoms with Gasteiger partial charge in [0.2, 0.25) is 0 Å². The van der Waals surface area contributed by atoms with Crippen LogP contribution in [-0.2, 0) is 6.42 Å². The molecule has 1 aromatic heterocycles. The number of hydrogen-bond acceptors (Lipinski definition) is 3. The zero-order chi connectivity index (χ0) is 8.97. The molecule has 0 aliphatic carbocycles. The van der Waals surface area contributed by atoms with Crippen molar-refractivity contribution in [3.63, 3.8) is 0 Å². The van der Waals surface area contributed by atoms with Crippen LogP contribution >= 0.6 is 23.7 Å². The van der Waals surface area contributed by atoms with E-state index in [0.29, 0.717) is 6.42 Å². The monoisotopic (exact) mass is 216 g/mol. The van der Waals surface area contributed by atoms with Crippen molar-refractivity contribution >= 4 is 23.7 Å². The van der Waals surface area contributed by atoms with Gasteiger partial charge in [-0.05, 0) is 18.6 Å². The van der Waals surface area contributed by atoms with Crippen molar-refractivity contribution in [3.8, 4) is 6.07 Å². The summed E-state index contributed by atoms with van der Waals surface area (Å²) in [7, 11) is 0. The van der Waals surface area contributed by atoms with E-state index >= 15 is 0 Å². The molecule has 0 bridgehead atoms. The lowest BCUT2D eigenvalue weighted by atomic mass is 10.2. The lowest BCUT2D eigenvalue weighted by Crippen LogP contribution is -2.06. The Morgan fingerprint density at radius 2 is 2.31 bits per heavy atom. The third-order valence-corrected chi connectivity index (χ3v) is 3.07. The molecule has 0 aliphatic heterocycles. The van der Waals surface area contributed by atoms with Gasteiger partial charge in [0.25, 0.3) is 0 Å². The first kappa shape index (κ1) is 12.4. The number of halogens is 1. The van der Waals surface area contributed by atoms with Crippen LogP contribution in [0.5, 0.6) is 0 Å². The highest BCUT2D eigenvalue weighted by atomic mass is 35.5. The molecule has 1 aromatic rings. The Morgan fingerprint density at radius 3 is 2.77 bits per heavy atom. The molecule has 1 heterocycles. The molecule has 72 valence electrons. The van der Waals surface area contributed by atoms with Crippen LogP contribution in [0.4, 0.5) is 0 Å². The fraction of sp³-hybridized carbons (Fsp3) is 0.444. The van der Waals surface area contributed by atoms with Crippen molar-refractivity contribution in [1.82, 2.24) is 0 Å². The van der Waals surface area contributed by atoms with Crippen molar-refractivity contribution < 1.29 is 0 Å². The van der Waals surface area contributed by atoms with Gasteiger partial charge in [0, 0.05) is 9.75 Å².